The standard InChI is InChI=1S/C20H26N2O3S/c1-12(2)18(15-9-7-6-8-10-15)21-11-16(23)22-19-17(20(24)25-5)13(3)14(4)26-19/h6-10,12,18,21H,11H2,1-5H3,(H,22,23)/t18-/m0/s1. The molecule has 0 saturated heterocycles. The van der Waals surface area contributed by atoms with Crippen molar-refractivity contribution in [3.05, 3.63) is 51.9 Å². The summed E-state index contributed by atoms with van der Waals surface area (Å²) >= 11 is 1.39. The molecule has 0 bridgehead atoms. The number of anilines is 1. The topological polar surface area (TPSA) is 67.4 Å². The lowest BCUT2D eigenvalue weighted by Gasteiger charge is -2.22. The minimum atomic E-state index is -0.431. The number of hydrogen-bond donors (Lipinski definition) is 2. The van der Waals surface area contributed by atoms with Gasteiger partial charge in [0.05, 0.1) is 19.2 Å². The third kappa shape index (κ3) is 4.71. The summed E-state index contributed by atoms with van der Waals surface area (Å²) in [6.45, 7) is 8.17. The van der Waals surface area contributed by atoms with Gasteiger partial charge in [0.25, 0.3) is 0 Å². The lowest BCUT2D eigenvalue weighted by Crippen LogP contribution is -2.33. The fourth-order valence-electron chi connectivity index (χ4n) is 2.84. The van der Waals surface area contributed by atoms with Crippen molar-refractivity contribution in [3.63, 3.8) is 0 Å². The molecule has 2 N–H and O–H groups in total. The molecule has 2 aromatic rings. The van der Waals surface area contributed by atoms with Crippen LogP contribution >= 0.6 is 11.3 Å². The summed E-state index contributed by atoms with van der Waals surface area (Å²) in [5.41, 5.74) is 2.43. The Morgan fingerprint density at radius 1 is 1.15 bits per heavy atom. The minimum Gasteiger partial charge on any atom is -0.465 e. The first-order chi connectivity index (χ1) is 12.3. The molecule has 5 nitrogen and oxygen atoms in total. The zero-order valence-electron chi connectivity index (χ0n) is 15.9. The summed E-state index contributed by atoms with van der Waals surface area (Å²) in [7, 11) is 1.34. The zero-order chi connectivity index (χ0) is 19.3. The van der Waals surface area contributed by atoms with E-state index in [0.717, 1.165) is 16.0 Å². The molecule has 0 radical (unpaired) electrons. The van der Waals surface area contributed by atoms with Gasteiger partial charge in [-0.2, -0.15) is 0 Å². The summed E-state index contributed by atoms with van der Waals surface area (Å²) < 4.78 is 4.84. The molecule has 0 aliphatic rings. The molecule has 0 aliphatic heterocycles. The second-order valence-electron chi connectivity index (χ2n) is 6.54. The van der Waals surface area contributed by atoms with Crippen molar-refractivity contribution in [3.8, 4) is 0 Å². The highest BCUT2D eigenvalue weighted by atomic mass is 32.1. The molecular formula is C20H26N2O3S. The number of benzene rings is 1. The smallest absolute Gasteiger partial charge is 0.341 e. The number of rotatable bonds is 7. The Kier molecular flexibility index (Phi) is 6.94. The molecule has 1 aromatic carbocycles. The summed E-state index contributed by atoms with van der Waals surface area (Å²) in [5.74, 6) is -0.278. The maximum Gasteiger partial charge on any atom is 0.341 e. The van der Waals surface area contributed by atoms with Gasteiger partial charge in [0.15, 0.2) is 0 Å². The van der Waals surface area contributed by atoms with Crippen LogP contribution < -0.4 is 10.6 Å². The number of hydrogen-bond acceptors (Lipinski definition) is 5. The maximum absolute atomic E-state index is 12.4. The molecule has 0 aliphatic carbocycles. The van der Waals surface area contributed by atoms with Crippen LogP contribution in [-0.4, -0.2) is 25.5 Å². The van der Waals surface area contributed by atoms with Crippen LogP contribution in [-0.2, 0) is 9.53 Å². The molecule has 1 atom stereocenters. The lowest BCUT2D eigenvalue weighted by atomic mass is 9.96. The van der Waals surface area contributed by atoms with Crippen LogP contribution in [0, 0.1) is 19.8 Å². The van der Waals surface area contributed by atoms with E-state index in [1.54, 1.807) is 0 Å². The molecule has 0 fully saturated rings. The van der Waals surface area contributed by atoms with Gasteiger partial charge in [0, 0.05) is 10.9 Å². The number of esters is 1. The van der Waals surface area contributed by atoms with Crippen LogP contribution in [0.3, 0.4) is 0 Å². The van der Waals surface area contributed by atoms with Gasteiger partial charge in [0.2, 0.25) is 5.91 Å². The van der Waals surface area contributed by atoms with Crippen LogP contribution in [0.15, 0.2) is 30.3 Å². The van der Waals surface area contributed by atoms with E-state index in [2.05, 4.69) is 36.6 Å². The fourth-order valence-corrected chi connectivity index (χ4v) is 3.90. The number of carbonyl (C=O) groups excluding carboxylic acids is 2. The van der Waals surface area contributed by atoms with Crippen molar-refractivity contribution < 1.29 is 14.3 Å². The number of methoxy groups -OCH3 is 1. The average Bonchev–Trinajstić information content (AvgIpc) is 2.89. The highest BCUT2D eigenvalue weighted by Crippen LogP contribution is 2.32. The van der Waals surface area contributed by atoms with Gasteiger partial charge in [-0.1, -0.05) is 44.2 Å². The Balaban J connectivity index is 2.07. The number of amides is 1. The molecule has 0 unspecified atom stereocenters. The van der Waals surface area contributed by atoms with Crippen molar-refractivity contribution in [2.75, 3.05) is 19.0 Å². The lowest BCUT2D eigenvalue weighted by molar-refractivity contribution is -0.115. The monoisotopic (exact) mass is 374 g/mol. The van der Waals surface area contributed by atoms with Crippen LogP contribution in [0.2, 0.25) is 0 Å². The third-order valence-corrected chi connectivity index (χ3v) is 5.46. The predicted molar refractivity (Wildman–Crippen MR) is 106 cm³/mol. The second kappa shape index (κ2) is 8.96. The highest BCUT2D eigenvalue weighted by molar-refractivity contribution is 7.16. The largest absolute Gasteiger partial charge is 0.465 e. The van der Waals surface area contributed by atoms with Crippen LogP contribution in [0.25, 0.3) is 0 Å². The molecule has 0 spiro atoms. The van der Waals surface area contributed by atoms with Crippen LogP contribution in [0.1, 0.15) is 46.3 Å². The molecule has 6 heteroatoms. The van der Waals surface area contributed by atoms with E-state index < -0.39 is 5.97 Å². The first-order valence-corrected chi connectivity index (χ1v) is 9.43. The van der Waals surface area contributed by atoms with Gasteiger partial charge in [-0.3, -0.25) is 4.79 Å². The Labute approximate surface area is 158 Å². The van der Waals surface area contributed by atoms with Crippen molar-refractivity contribution in [1.82, 2.24) is 5.32 Å². The van der Waals surface area contributed by atoms with Gasteiger partial charge < -0.3 is 15.4 Å². The highest BCUT2D eigenvalue weighted by Gasteiger charge is 2.22. The van der Waals surface area contributed by atoms with Crippen LogP contribution in [0.4, 0.5) is 5.00 Å². The van der Waals surface area contributed by atoms with Gasteiger partial charge >= 0.3 is 5.97 Å². The van der Waals surface area contributed by atoms with Crippen molar-refractivity contribution in [2.45, 2.75) is 33.7 Å². The van der Waals surface area contributed by atoms with E-state index in [9.17, 15) is 9.59 Å². The first kappa shape index (κ1) is 20.1. The molecule has 26 heavy (non-hydrogen) atoms. The molecule has 1 amide bonds. The third-order valence-electron chi connectivity index (χ3n) is 4.34. The Morgan fingerprint density at radius 2 is 1.81 bits per heavy atom. The summed E-state index contributed by atoms with van der Waals surface area (Å²) in [6, 6.07) is 10.1. The SMILES string of the molecule is COC(=O)c1c(NC(=O)CN[C@H](c2ccccc2)C(C)C)sc(C)c1C. The van der Waals surface area contributed by atoms with E-state index in [1.807, 2.05) is 32.0 Å². The van der Waals surface area contributed by atoms with E-state index in [0.29, 0.717) is 16.5 Å². The number of aryl methyl sites for hydroxylation is 1. The molecule has 1 aromatic heterocycles. The molecular weight excluding hydrogens is 348 g/mol. The van der Waals surface area contributed by atoms with E-state index in [1.165, 1.54) is 18.4 Å². The summed E-state index contributed by atoms with van der Waals surface area (Å²) in [5, 5.41) is 6.71. The normalized spacial score (nSPS) is 12.1. The molecule has 0 saturated carbocycles. The van der Waals surface area contributed by atoms with Gasteiger partial charge in [-0.25, -0.2) is 4.79 Å². The quantitative estimate of drug-likeness (QED) is 0.717. The number of thiophene rings is 1. The Hall–Kier alpha value is -2.18. The average molecular weight is 375 g/mol. The van der Waals surface area contributed by atoms with Crippen molar-refractivity contribution >= 4 is 28.2 Å². The number of carbonyl (C=O) groups is 2. The second-order valence-corrected chi connectivity index (χ2v) is 7.77. The Morgan fingerprint density at radius 3 is 2.38 bits per heavy atom. The van der Waals surface area contributed by atoms with Crippen molar-refractivity contribution in [1.29, 1.82) is 0 Å². The molecule has 1 heterocycles. The predicted octanol–water partition coefficient (Wildman–Crippen LogP) is 4.08. The molecule has 2 rings (SSSR count). The van der Waals surface area contributed by atoms with E-state index in [-0.39, 0.29) is 18.5 Å². The number of ether oxygens (including phenoxy) is 1. The van der Waals surface area contributed by atoms with Gasteiger partial charge in [0.1, 0.15) is 5.00 Å². The first-order valence-electron chi connectivity index (χ1n) is 8.61. The Bertz CT molecular complexity index is 769. The maximum atomic E-state index is 12.4. The van der Waals surface area contributed by atoms with Crippen molar-refractivity contribution in [2.24, 2.45) is 5.92 Å². The van der Waals surface area contributed by atoms with Gasteiger partial charge in [-0.15, -0.1) is 11.3 Å². The fraction of sp³-hybridized carbons (Fsp3) is 0.400. The van der Waals surface area contributed by atoms with Gasteiger partial charge in [-0.05, 0) is 30.9 Å². The van der Waals surface area contributed by atoms with Crippen LogP contribution in [0.5, 0.6) is 0 Å². The molecule has 140 valence electrons. The summed E-state index contributed by atoms with van der Waals surface area (Å²) in [4.78, 5) is 25.4. The number of nitrogens with one attached hydrogen (secondary N) is 2. The van der Waals surface area contributed by atoms with E-state index >= 15 is 0 Å². The zero-order valence-corrected chi connectivity index (χ0v) is 16.7. The van der Waals surface area contributed by atoms with E-state index in [4.69, 9.17) is 4.74 Å². The minimum absolute atomic E-state index is 0.0776. The summed E-state index contributed by atoms with van der Waals surface area (Å²) in [6.07, 6.45) is 0.